The van der Waals surface area contributed by atoms with E-state index in [1.54, 1.807) is 19.2 Å². The predicted molar refractivity (Wildman–Crippen MR) is 97.8 cm³/mol. The molecule has 8 heteroatoms. The molecule has 0 bridgehead atoms. The van der Waals surface area contributed by atoms with Crippen LogP contribution in [0.5, 0.6) is 0 Å². The number of carbonyl (C=O) groups excluding carboxylic acids is 2. The van der Waals surface area contributed by atoms with Crippen LogP contribution < -0.4 is 10.6 Å². The van der Waals surface area contributed by atoms with Crippen LogP contribution in [0, 0.1) is 0 Å². The van der Waals surface area contributed by atoms with Gasteiger partial charge in [0, 0.05) is 12.6 Å². The van der Waals surface area contributed by atoms with Crippen molar-refractivity contribution in [2.75, 3.05) is 18.1 Å². The molecular formula is C16H20N4O2S2. The molecule has 0 spiro atoms. The molecule has 0 aliphatic carbocycles. The molecule has 1 aromatic carbocycles. The largest absolute Gasteiger partial charge is 0.363 e. The van der Waals surface area contributed by atoms with Crippen LogP contribution in [0.2, 0.25) is 0 Å². The highest BCUT2D eigenvalue weighted by molar-refractivity contribution is 8.01. The highest BCUT2D eigenvalue weighted by Crippen LogP contribution is 2.25. The van der Waals surface area contributed by atoms with Crippen LogP contribution in [0.15, 0.2) is 28.6 Å². The first-order valence-corrected chi connectivity index (χ1v) is 9.18. The van der Waals surface area contributed by atoms with Crippen LogP contribution in [-0.4, -0.2) is 34.8 Å². The van der Waals surface area contributed by atoms with Crippen LogP contribution >= 0.6 is 23.1 Å². The molecule has 0 saturated heterocycles. The Labute approximate surface area is 149 Å². The molecule has 0 aliphatic rings. The smallest absolute Gasteiger partial charge is 0.257 e. The number of amides is 2. The van der Waals surface area contributed by atoms with Gasteiger partial charge in [0.1, 0.15) is 0 Å². The Morgan fingerprint density at radius 1 is 1.17 bits per heavy atom. The summed E-state index contributed by atoms with van der Waals surface area (Å²) in [7, 11) is 1.76. The molecule has 0 atom stereocenters. The highest BCUT2D eigenvalue weighted by atomic mass is 32.2. The second kappa shape index (κ2) is 7.76. The Bertz CT molecular complexity index is 720. The van der Waals surface area contributed by atoms with Gasteiger partial charge < -0.3 is 5.32 Å². The van der Waals surface area contributed by atoms with E-state index in [4.69, 9.17) is 0 Å². The number of hydrogen-bond acceptors (Lipinski definition) is 7. The van der Waals surface area contributed by atoms with Crippen LogP contribution in [0.3, 0.4) is 0 Å². The maximum absolute atomic E-state index is 12.1. The summed E-state index contributed by atoms with van der Waals surface area (Å²) < 4.78 is 0.677. The molecule has 2 amide bonds. The van der Waals surface area contributed by atoms with Gasteiger partial charge in [0.2, 0.25) is 11.0 Å². The van der Waals surface area contributed by atoms with Crippen LogP contribution in [0.25, 0.3) is 0 Å². The standard InChI is InChI=1S/C16H20N4O2S2/c1-16(2,3)11-7-5-10(6-8-11)13(22)18-12(21)9-23-15-20-19-14(17-4)24-15/h5-8H,9H2,1-4H3,(H,17,19)(H,18,21,22). The summed E-state index contributed by atoms with van der Waals surface area (Å²) in [6, 6.07) is 7.30. The van der Waals surface area contributed by atoms with Gasteiger partial charge in [0.25, 0.3) is 5.91 Å². The molecule has 0 unspecified atom stereocenters. The van der Waals surface area contributed by atoms with Crippen molar-refractivity contribution in [1.82, 2.24) is 15.5 Å². The van der Waals surface area contributed by atoms with E-state index in [0.29, 0.717) is 15.0 Å². The molecule has 1 aromatic heterocycles. The van der Waals surface area contributed by atoms with Crippen molar-refractivity contribution < 1.29 is 9.59 Å². The minimum absolute atomic E-state index is 0.0232. The zero-order chi connectivity index (χ0) is 17.7. The van der Waals surface area contributed by atoms with Gasteiger partial charge in [0.15, 0.2) is 4.34 Å². The first kappa shape index (κ1) is 18.4. The van der Waals surface area contributed by atoms with Gasteiger partial charge >= 0.3 is 0 Å². The average molecular weight is 364 g/mol. The lowest BCUT2D eigenvalue weighted by molar-refractivity contribution is -0.117. The Hall–Kier alpha value is -1.93. The third kappa shape index (κ3) is 5.04. The molecular weight excluding hydrogens is 344 g/mol. The molecule has 2 aromatic rings. The molecule has 128 valence electrons. The SMILES string of the molecule is CNc1nnc(SCC(=O)NC(=O)c2ccc(C(C)(C)C)cc2)s1. The zero-order valence-electron chi connectivity index (χ0n) is 14.0. The fraction of sp³-hybridized carbons (Fsp3) is 0.375. The number of hydrogen-bond donors (Lipinski definition) is 2. The van der Waals surface area contributed by atoms with E-state index >= 15 is 0 Å². The van der Waals surface area contributed by atoms with E-state index in [2.05, 4.69) is 41.6 Å². The van der Waals surface area contributed by atoms with Crippen molar-refractivity contribution in [3.05, 3.63) is 35.4 Å². The van der Waals surface area contributed by atoms with E-state index in [9.17, 15) is 9.59 Å². The van der Waals surface area contributed by atoms with Crippen molar-refractivity contribution >= 4 is 40.0 Å². The molecule has 0 aliphatic heterocycles. The summed E-state index contributed by atoms with van der Waals surface area (Å²) in [5.41, 5.74) is 1.63. The number of anilines is 1. The van der Waals surface area contributed by atoms with E-state index in [1.165, 1.54) is 23.1 Å². The first-order valence-electron chi connectivity index (χ1n) is 7.38. The lowest BCUT2D eigenvalue weighted by atomic mass is 9.87. The van der Waals surface area contributed by atoms with Crippen LogP contribution in [0.4, 0.5) is 5.13 Å². The second-order valence-electron chi connectivity index (χ2n) is 6.12. The van der Waals surface area contributed by atoms with Gasteiger partial charge in [-0.3, -0.25) is 14.9 Å². The maximum Gasteiger partial charge on any atom is 0.257 e. The minimum atomic E-state index is -0.394. The number of imide groups is 1. The summed E-state index contributed by atoms with van der Waals surface area (Å²) in [4.78, 5) is 24.0. The van der Waals surface area contributed by atoms with Gasteiger partial charge in [-0.05, 0) is 23.1 Å². The van der Waals surface area contributed by atoms with Crippen molar-refractivity contribution in [2.45, 2.75) is 30.5 Å². The predicted octanol–water partition coefficient (Wildman–Crippen LogP) is 2.93. The second-order valence-corrected chi connectivity index (χ2v) is 8.32. The van der Waals surface area contributed by atoms with Crippen LogP contribution in [0.1, 0.15) is 36.7 Å². The Morgan fingerprint density at radius 2 is 1.83 bits per heavy atom. The lowest BCUT2D eigenvalue weighted by Gasteiger charge is -2.18. The number of carbonyl (C=O) groups is 2. The number of benzene rings is 1. The van der Waals surface area contributed by atoms with Crippen molar-refractivity contribution in [1.29, 1.82) is 0 Å². The maximum atomic E-state index is 12.1. The molecule has 2 rings (SSSR count). The van der Waals surface area contributed by atoms with Gasteiger partial charge in [0.05, 0.1) is 5.75 Å². The van der Waals surface area contributed by atoms with Gasteiger partial charge in [-0.2, -0.15) is 0 Å². The summed E-state index contributed by atoms with van der Waals surface area (Å²) in [5.74, 6) is -0.634. The Morgan fingerprint density at radius 3 is 2.38 bits per heavy atom. The first-order chi connectivity index (χ1) is 11.3. The number of aromatic nitrogens is 2. The fourth-order valence-corrected chi connectivity index (χ4v) is 3.36. The normalized spacial score (nSPS) is 11.2. The van der Waals surface area contributed by atoms with Gasteiger partial charge in [-0.1, -0.05) is 56.0 Å². The zero-order valence-corrected chi connectivity index (χ0v) is 15.7. The molecule has 1 heterocycles. The van der Waals surface area contributed by atoms with E-state index in [0.717, 1.165) is 5.56 Å². The summed E-state index contributed by atoms with van der Waals surface area (Å²) in [6.45, 7) is 6.32. The monoisotopic (exact) mass is 364 g/mol. The summed E-state index contributed by atoms with van der Waals surface area (Å²) in [5, 5.41) is 13.8. The molecule has 0 fully saturated rings. The highest BCUT2D eigenvalue weighted by Gasteiger charge is 2.16. The molecule has 2 N–H and O–H groups in total. The quantitative estimate of drug-likeness (QED) is 0.794. The molecule has 6 nitrogen and oxygen atoms in total. The number of nitrogens with zero attached hydrogens (tertiary/aromatic N) is 2. The van der Waals surface area contributed by atoms with E-state index in [1.807, 2.05) is 12.1 Å². The Balaban J connectivity index is 1.88. The number of nitrogens with one attached hydrogen (secondary N) is 2. The fourth-order valence-electron chi connectivity index (χ4n) is 1.85. The van der Waals surface area contributed by atoms with Gasteiger partial charge in [-0.15, -0.1) is 10.2 Å². The number of rotatable bonds is 5. The van der Waals surface area contributed by atoms with Gasteiger partial charge in [-0.25, -0.2) is 0 Å². The van der Waals surface area contributed by atoms with E-state index in [-0.39, 0.29) is 17.1 Å². The van der Waals surface area contributed by atoms with Crippen molar-refractivity contribution in [3.63, 3.8) is 0 Å². The molecule has 0 radical (unpaired) electrons. The third-order valence-electron chi connectivity index (χ3n) is 3.21. The van der Waals surface area contributed by atoms with E-state index < -0.39 is 5.91 Å². The van der Waals surface area contributed by atoms with Crippen LogP contribution in [-0.2, 0) is 10.2 Å². The molecule has 0 saturated carbocycles. The lowest BCUT2D eigenvalue weighted by Crippen LogP contribution is -2.31. The topological polar surface area (TPSA) is 84.0 Å². The number of thioether (sulfide) groups is 1. The average Bonchev–Trinajstić information content (AvgIpc) is 3.00. The third-order valence-corrected chi connectivity index (χ3v) is 5.29. The Kier molecular flexibility index (Phi) is 5.95. The van der Waals surface area contributed by atoms with Crippen molar-refractivity contribution in [3.8, 4) is 0 Å². The minimum Gasteiger partial charge on any atom is -0.363 e. The summed E-state index contributed by atoms with van der Waals surface area (Å²) in [6.07, 6.45) is 0. The molecule has 24 heavy (non-hydrogen) atoms. The van der Waals surface area contributed by atoms with Crippen molar-refractivity contribution in [2.24, 2.45) is 0 Å². The summed E-state index contributed by atoms with van der Waals surface area (Å²) >= 11 is 2.61.